The van der Waals surface area contributed by atoms with Gasteiger partial charge in [0.25, 0.3) is 0 Å². The molecule has 0 aliphatic carbocycles. The Morgan fingerprint density at radius 1 is 0.868 bits per heavy atom. The average Bonchev–Trinajstić information content (AvgIpc) is 2.87. The third-order valence-electron chi connectivity index (χ3n) is 5.25. The summed E-state index contributed by atoms with van der Waals surface area (Å²) in [7, 11) is 0. The number of benzene rings is 3. The molecule has 0 bridgehead atoms. The minimum atomic E-state index is -4.22. The van der Waals surface area contributed by atoms with Crippen LogP contribution in [-0.2, 0) is 16.0 Å². The zero-order valence-electron chi connectivity index (χ0n) is 20.4. The smallest absolute Gasteiger partial charge is 0.389 e. The molecule has 0 unspecified atom stereocenters. The van der Waals surface area contributed by atoms with Gasteiger partial charge in [-0.15, -0.1) is 0 Å². The zero-order valence-corrected chi connectivity index (χ0v) is 20.4. The van der Waals surface area contributed by atoms with Crippen LogP contribution < -0.4 is 20.9 Å². The van der Waals surface area contributed by atoms with Gasteiger partial charge in [-0.2, -0.15) is 13.2 Å². The standard InChI is InChI=1S/C28H27F3N2O5/c29-28(30,31)15-1-16-36-23-11-6-21(7-12-23)27(35)38-24-9-2-19(3-10-24)4-13-26(34)37-17-14-20-5-8-22(32)18-25(20)33/h2-13,18H,1,14-17,32-33H2/b13-4+. The number of carbonyl (C=O) groups excluding carboxylic acids is 2. The minimum absolute atomic E-state index is 0.0828. The molecule has 0 radical (unpaired) electrons. The van der Waals surface area contributed by atoms with E-state index in [1.807, 2.05) is 0 Å². The van der Waals surface area contributed by atoms with E-state index in [1.54, 1.807) is 48.5 Å². The van der Waals surface area contributed by atoms with Crippen LogP contribution in [0.4, 0.5) is 24.5 Å². The molecule has 0 aliphatic heterocycles. The first-order valence-corrected chi connectivity index (χ1v) is 11.7. The lowest BCUT2D eigenvalue weighted by Crippen LogP contribution is -2.10. The predicted octanol–water partition coefficient (Wildman–Crippen LogP) is 5.59. The number of esters is 2. The van der Waals surface area contributed by atoms with Gasteiger partial charge in [0.1, 0.15) is 11.5 Å². The fourth-order valence-corrected chi connectivity index (χ4v) is 3.28. The van der Waals surface area contributed by atoms with Crippen LogP contribution in [0.2, 0.25) is 0 Å². The molecule has 3 aromatic carbocycles. The summed E-state index contributed by atoms with van der Waals surface area (Å²) >= 11 is 0. The van der Waals surface area contributed by atoms with E-state index in [4.69, 9.17) is 25.7 Å². The van der Waals surface area contributed by atoms with Gasteiger partial charge in [0.2, 0.25) is 0 Å². The van der Waals surface area contributed by atoms with Crippen molar-refractivity contribution in [3.05, 3.63) is 89.5 Å². The molecule has 0 spiro atoms. The molecule has 0 atom stereocenters. The Balaban J connectivity index is 1.42. The summed E-state index contributed by atoms with van der Waals surface area (Å²) in [5.41, 5.74) is 14.4. The Kier molecular flexibility index (Phi) is 9.75. The van der Waals surface area contributed by atoms with Gasteiger partial charge < -0.3 is 25.7 Å². The van der Waals surface area contributed by atoms with Gasteiger partial charge in [0.05, 0.1) is 18.8 Å². The van der Waals surface area contributed by atoms with Crippen LogP contribution >= 0.6 is 0 Å². The normalized spacial score (nSPS) is 11.3. The summed E-state index contributed by atoms with van der Waals surface area (Å²) in [5.74, 6) is -0.472. The number of hydrogen-bond donors (Lipinski definition) is 2. The first-order valence-electron chi connectivity index (χ1n) is 11.7. The molecule has 10 heteroatoms. The summed E-state index contributed by atoms with van der Waals surface area (Å²) in [4.78, 5) is 24.3. The number of nitrogen functional groups attached to an aromatic ring is 2. The van der Waals surface area contributed by atoms with E-state index in [2.05, 4.69) is 0 Å². The number of alkyl halides is 3. The van der Waals surface area contributed by atoms with Crippen molar-refractivity contribution in [1.82, 2.24) is 0 Å². The van der Waals surface area contributed by atoms with Gasteiger partial charge in [-0.05, 0) is 72.2 Å². The maximum absolute atomic E-state index is 12.4. The molecule has 0 heterocycles. The maximum atomic E-state index is 12.4. The van der Waals surface area contributed by atoms with Gasteiger partial charge in [-0.3, -0.25) is 0 Å². The molecular formula is C28H27F3N2O5. The number of carbonyl (C=O) groups is 2. The lowest BCUT2D eigenvalue weighted by Gasteiger charge is -2.09. The van der Waals surface area contributed by atoms with Gasteiger partial charge in [0, 0.05) is 30.3 Å². The molecule has 38 heavy (non-hydrogen) atoms. The van der Waals surface area contributed by atoms with Crippen LogP contribution in [0.3, 0.4) is 0 Å². The fourth-order valence-electron chi connectivity index (χ4n) is 3.28. The van der Waals surface area contributed by atoms with Crippen molar-refractivity contribution in [2.45, 2.75) is 25.4 Å². The van der Waals surface area contributed by atoms with Gasteiger partial charge in [0.15, 0.2) is 0 Å². The monoisotopic (exact) mass is 528 g/mol. The quantitative estimate of drug-likeness (QED) is 0.110. The lowest BCUT2D eigenvalue weighted by atomic mass is 10.1. The van der Waals surface area contributed by atoms with Crippen LogP contribution in [0.5, 0.6) is 11.5 Å². The van der Waals surface area contributed by atoms with Crippen molar-refractivity contribution in [2.75, 3.05) is 24.7 Å². The van der Waals surface area contributed by atoms with Crippen molar-refractivity contribution in [3.63, 3.8) is 0 Å². The van der Waals surface area contributed by atoms with E-state index in [1.165, 1.54) is 30.3 Å². The summed E-state index contributed by atoms with van der Waals surface area (Å²) in [6, 6.07) is 17.6. The molecule has 0 saturated carbocycles. The summed E-state index contributed by atoms with van der Waals surface area (Å²) in [5, 5.41) is 0. The van der Waals surface area contributed by atoms with Gasteiger partial charge >= 0.3 is 18.1 Å². The van der Waals surface area contributed by atoms with Crippen LogP contribution in [-0.4, -0.2) is 31.3 Å². The predicted molar refractivity (Wildman–Crippen MR) is 138 cm³/mol. The van der Waals surface area contributed by atoms with Crippen molar-refractivity contribution in [1.29, 1.82) is 0 Å². The van der Waals surface area contributed by atoms with Crippen molar-refractivity contribution < 1.29 is 37.0 Å². The molecule has 0 aromatic heterocycles. The highest BCUT2D eigenvalue weighted by Gasteiger charge is 2.26. The Bertz CT molecular complexity index is 1260. The lowest BCUT2D eigenvalue weighted by molar-refractivity contribution is -0.138. The second-order valence-corrected chi connectivity index (χ2v) is 8.26. The van der Waals surface area contributed by atoms with Crippen LogP contribution in [0, 0.1) is 0 Å². The molecule has 0 saturated heterocycles. The molecule has 4 N–H and O–H groups in total. The van der Waals surface area contributed by atoms with Crippen molar-refractivity contribution in [3.8, 4) is 11.5 Å². The number of halogens is 3. The van der Waals surface area contributed by atoms with E-state index in [9.17, 15) is 22.8 Å². The Labute approximate surface area is 217 Å². The van der Waals surface area contributed by atoms with Gasteiger partial charge in [-0.25, -0.2) is 9.59 Å². The molecule has 0 fully saturated rings. The van der Waals surface area contributed by atoms with Crippen LogP contribution in [0.15, 0.2) is 72.8 Å². The number of anilines is 2. The highest BCUT2D eigenvalue weighted by molar-refractivity contribution is 5.91. The highest BCUT2D eigenvalue weighted by atomic mass is 19.4. The fraction of sp³-hybridized carbons (Fsp3) is 0.214. The molecule has 7 nitrogen and oxygen atoms in total. The van der Waals surface area contributed by atoms with E-state index in [-0.39, 0.29) is 25.2 Å². The average molecular weight is 529 g/mol. The highest BCUT2D eigenvalue weighted by Crippen LogP contribution is 2.22. The van der Waals surface area contributed by atoms with Crippen molar-refractivity contribution in [2.24, 2.45) is 0 Å². The van der Waals surface area contributed by atoms with Crippen LogP contribution in [0.25, 0.3) is 6.08 Å². The SMILES string of the molecule is Nc1ccc(CCOC(=O)/C=C/c2ccc(OC(=O)c3ccc(OCCCC(F)(F)F)cc3)cc2)c(N)c1. The zero-order chi connectivity index (χ0) is 27.5. The largest absolute Gasteiger partial charge is 0.494 e. The Morgan fingerprint density at radius 2 is 1.55 bits per heavy atom. The third-order valence-corrected chi connectivity index (χ3v) is 5.25. The van der Waals surface area contributed by atoms with E-state index >= 15 is 0 Å². The first-order chi connectivity index (χ1) is 18.1. The number of hydrogen-bond acceptors (Lipinski definition) is 7. The topological polar surface area (TPSA) is 114 Å². The third kappa shape index (κ3) is 9.53. The number of nitrogens with two attached hydrogens (primary N) is 2. The second kappa shape index (κ2) is 13.2. The van der Waals surface area contributed by atoms with E-state index in [0.717, 1.165) is 5.56 Å². The number of rotatable bonds is 11. The van der Waals surface area contributed by atoms with Crippen LogP contribution in [0.1, 0.15) is 34.3 Å². The summed E-state index contributed by atoms with van der Waals surface area (Å²) < 4.78 is 52.3. The van der Waals surface area contributed by atoms with Crippen molar-refractivity contribution >= 4 is 29.4 Å². The second-order valence-electron chi connectivity index (χ2n) is 8.26. The molecule has 0 aliphatic rings. The Morgan fingerprint density at radius 3 is 2.21 bits per heavy atom. The van der Waals surface area contributed by atoms with E-state index in [0.29, 0.717) is 34.9 Å². The number of ether oxygens (including phenoxy) is 3. The molecule has 200 valence electrons. The first kappa shape index (κ1) is 28.1. The molecular weight excluding hydrogens is 501 g/mol. The maximum Gasteiger partial charge on any atom is 0.389 e. The molecule has 0 amide bonds. The molecule has 3 aromatic rings. The summed E-state index contributed by atoms with van der Waals surface area (Å²) in [6.07, 6.45) is -1.97. The van der Waals surface area contributed by atoms with Gasteiger partial charge in [-0.1, -0.05) is 18.2 Å². The summed E-state index contributed by atoms with van der Waals surface area (Å²) in [6.45, 7) is 0.0813. The van der Waals surface area contributed by atoms with E-state index < -0.39 is 24.5 Å². The Hall–Kier alpha value is -4.47. The molecule has 3 rings (SSSR count). The minimum Gasteiger partial charge on any atom is -0.494 e.